The smallest absolute Gasteiger partial charge is 0.133 e. The predicted molar refractivity (Wildman–Crippen MR) is 104 cm³/mol. The molecule has 0 saturated carbocycles. The van der Waals surface area contributed by atoms with Crippen molar-refractivity contribution in [2.24, 2.45) is 20.2 Å². The van der Waals surface area contributed by atoms with E-state index in [0.717, 1.165) is 18.9 Å². The SMILES string of the molecule is CC1CN=C(C(C)(C)N=NC(C)(C)C)N1.CC1CN=CN1.Cl.Cl. The number of halogens is 2. The van der Waals surface area contributed by atoms with Gasteiger partial charge in [-0.05, 0) is 48.5 Å². The van der Waals surface area contributed by atoms with Gasteiger partial charge in [0.2, 0.25) is 0 Å². The van der Waals surface area contributed by atoms with Crippen molar-refractivity contribution >= 4 is 37.0 Å². The fraction of sp³-hybridized carbons (Fsp3) is 0.867. The summed E-state index contributed by atoms with van der Waals surface area (Å²) < 4.78 is 0. The molecule has 2 N–H and O–H groups in total. The number of aliphatic imine (C=N–C) groups is 2. The second-order valence-electron chi connectivity index (χ2n) is 7.23. The number of hydrogen-bond acceptors (Lipinski definition) is 6. The normalized spacial score (nSPS) is 23.0. The minimum atomic E-state index is -0.335. The van der Waals surface area contributed by atoms with Gasteiger partial charge >= 0.3 is 0 Å². The largest absolute Gasteiger partial charge is 0.372 e. The standard InChI is InChI=1S/C11H22N4.C4H8N2.2ClH/c1-8-7-12-9(13-8)11(5,6)15-14-10(2,3)4;1-4-2-5-3-6-4;;/h8H,7H2,1-6H3,(H,12,13);3-4H,2H2,1H3,(H,5,6);2*1H. The average Bonchev–Trinajstić information content (AvgIpc) is 2.98. The molecule has 0 saturated heterocycles. The minimum absolute atomic E-state index is 0. The van der Waals surface area contributed by atoms with Crippen LogP contribution in [0.2, 0.25) is 0 Å². The van der Waals surface area contributed by atoms with Crippen LogP contribution in [0.5, 0.6) is 0 Å². The summed E-state index contributed by atoms with van der Waals surface area (Å²) in [6.07, 6.45) is 1.75. The molecule has 0 amide bonds. The van der Waals surface area contributed by atoms with Crippen LogP contribution in [0.1, 0.15) is 48.5 Å². The Kier molecular flexibility index (Phi) is 10.7. The van der Waals surface area contributed by atoms with Crippen molar-refractivity contribution in [3.63, 3.8) is 0 Å². The molecule has 6 nitrogen and oxygen atoms in total. The Morgan fingerprint density at radius 3 is 1.91 bits per heavy atom. The van der Waals surface area contributed by atoms with Crippen molar-refractivity contribution in [2.45, 2.75) is 71.6 Å². The molecule has 0 fully saturated rings. The van der Waals surface area contributed by atoms with Crippen LogP contribution in [-0.2, 0) is 0 Å². The Bertz CT molecular complexity index is 418. The molecular weight excluding hydrogens is 335 g/mol. The van der Waals surface area contributed by atoms with E-state index >= 15 is 0 Å². The highest BCUT2D eigenvalue weighted by molar-refractivity contribution is 5.92. The third kappa shape index (κ3) is 9.76. The maximum absolute atomic E-state index is 4.44. The van der Waals surface area contributed by atoms with Crippen LogP contribution in [-0.4, -0.2) is 48.4 Å². The van der Waals surface area contributed by atoms with Crippen molar-refractivity contribution in [1.82, 2.24) is 10.6 Å². The molecule has 0 aromatic carbocycles. The van der Waals surface area contributed by atoms with E-state index in [2.05, 4.69) is 44.7 Å². The fourth-order valence-electron chi connectivity index (χ4n) is 1.69. The fourth-order valence-corrected chi connectivity index (χ4v) is 1.69. The van der Waals surface area contributed by atoms with Crippen LogP contribution in [0.25, 0.3) is 0 Å². The van der Waals surface area contributed by atoms with Crippen molar-refractivity contribution in [1.29, 1.82) is 0 Å². The Labute approximate surface area is 152 Å². The van der Waals surface area contributed by atoms with Crippen LogP contribution in [0.3, 0.4) is 0 Å². The lowest BCUT2D eigenvalue weighted by molar-refractivity contribution is 0.498. The van der Waals surface area contributed by atoms with Gasteiger partial charge in [-0.3, -0.25) is 9.98 Å². The third-order valence-electron chi connectivity index (χ3n) is 2.92. The molecule has 2 unspecified atom stereocenters. The van der Waals surface area contributed by atoms with Crippen LogP contribution in [0, 0.1) is 0 Å². The van der Waals surface area contributed by atoms with Gasteiger partial charge in [0.05, 0.1) is 25.0 Å². The highest BCUT2D eigenvalue weighted by atomic mass is 35.5. The van der Waals surface area contributed by atoms with E-state index in [9.17, 15) is 0 Å². The highest BCUT2D eigenvalue weighted by Gasteiger charge is 2.29. The van der Waals surface area contributed by atoms with Crippen molar-refractivity contribution in [3.05, 3.63) is 0 Å². The molecule has 0 spiro atoms. The maximum atomic E-state index is 4.44. The minimum Gasteiger partial charge on any atom is -0.372 e. The second-order valence-corrected chi connectivity index (χ2v) is 7.23. The van der Waals surface area contributed by atoms with Crippen LogP contribution < -0.4 is 10.6 Å². The van der Waals surface area contributed by atoms with Gasteiger partial charge in [0.25, 0.3) is 0 Å². The van der Waals surface area contributed by atoms with Crippen molar-refractivity contribution < 1.29 is 0 Å². The monoisotopic (exact) mass is 366 g/mol. The van der Waals surface area contributed by atoms with Gasteiger partial charge in [0.1, 0.15) is 11.4 Å². The number of nitrogens with one attached hydrogen (secondary N) is 2. The topological polar surface area (TPSA) is 73.5 Å². The molecule has 2 rings (SSSR count). The molecule has 8 heteroatoms. The van der Waals surface area contributed by atoms with Gasteiger partial charge in [-0.1, -0.05) is 0 Å². The molecule has 23 heavy (non-hydrogen) atoms. The molecule has 0 bridgehead atoms. The first kappa shape index (κ1) is 24.4. The van der Waals surface area contributed by atoms with Gasteiger partial charge in [-0.15, -0.1) is 24.8 Å². The summed E-state index contributed by atoms with van der Waals surface area (Å²) in [7, 11) is 0. The second kappa shape index (κ2) is 10.1. The molecule has 0 radical (unpaired) electrons. The first-order valence-corrected chi connectivity index (χ1v) is 7.60. The first-order chi connectivity index (χ1) is 9.60. The number of azo groups is 1. The Hall–Kier alpha value is -0.880. The van der Waals surface area contributed by atoms with Crippen LogP contribution in [0.4, 0.5) is 0 Å². The van der Waals surface area contributed by atoms with Crippen molar-refractivity contribution in [2.75, 3.05) is 13.1 Å². The summed E-state index contributed by atoms with van der Waals surface area (Å²) in [5.74, 6) is 0.947. The molecular formula is C15H32Cl2N6. The van der Waals surface area contributed by atoms with Crippen LogP contribution in [0.15, 0.2) is 20.2 Å². The van der Waals surface area contributed by atoms with Gasteiger partial charge in [-0.25, -0.2) is 0 Å². The zero-order chi connectivity index (χ0) is 16.1. The van der Waals surface area contributed by atoms with E-state index in [1.54, 1.807) is 6.34 Å². The lowest BCUT2D eigenvalue weighted by Gasteiger charge is -2.21. The predicted octanol–water partition coefficient (Wildman–Crippen LogP) is 3.26. The van der Waals surface area contributed by atoms with E-state index < -0.39 is 0 Å². The first-order valence-electron chi connectivity index (χ1n) is 7.60. The maximum Gasteiger partial charge on any atom is 0.133 e. The molecule has 2 atom stereocenters. The molecule has 2 heterocycles. The average molecular weight is 367 g/mol. The van der Waals surface area contributed by atoms with Gasteiger partial charge in [0.15, 0.2) is 0 Å². The summed E-state index contributed by atoms with van der Waals surface area (Å²) in [5, 5.41) is 15.0. The lowest BCUT2D eigenvalue weighted by Crippen LogP contribution is -2.41. The number of rotatable bonds is 2. The van der Waals surface area contributed by atoms with Gasteiger partial charge in [-0.2, -0.15) is 10.2 Å². The van der Waals surface area contributed by atoms with Gasteiger partial charge < -0.3 is 10.6 Å². The van der Waals surface area contributed by atoms with Crippen molar-refractivity contribution in [3.8, 4) is 0 Å². The van der Waals surface area contributed by atoms with E-state index in [4.69, 9.17) is 0 Å². The third-order valence-corrected chi connectivity index (χ3v) is 2.92. The van der Waals surface area contributed by atoms with Gasteiger partial charge in [0, 0.05) is 12.1 Å². The Morgan fingerprint density at radius 1 is 1.00 bits per heavy atom. The molecule has 136 valence electrons. The number of amidine groups is 1. The number of hydrogen-bond donors (Lipinski definition) is 2. The summed E-state index contributed by atoms with van der Waals surface area (Å²) >= 11 is 0. The zero-order valence-corrected chi connectivity index (χ0v) is 16.9. The molecule has 2 aliphatic rings. The molecule has 2 aliphatic heterocycles. The summed E-state index contributed by atoms with van der Waals surface area (Å²) in [6.45, 7) is 16.2. The molecule has 0 aromatic rings. The van der Waals surface area contributed by atoms with E-state index in [1.807, 2.05) is 34.6 Å². The molecule has 0 aromatic heterocycles. The zero-order valence-electron chi connectivity index (χ0n) is 15.3. The Morgan fingerprint density at radius 2 is 1.61 bits per heavy atom. The number of nitrogens with zero attached hydrogens (tertiary/aromatic N) is 4. The lowest BCUT2D eigenvalue weighted by atomic mass is 10.1. The highest BCUT2D eigenvalue weighted by Crippen LogP contribution is 2.18. The quantitative estimate of drug-likeness (QED) is 0.736. The van der Waals surface area contributed by atoms with Crippen LogP contribution >= 0.6 is 24.8 Å². The van der Waals surface area contributed by atoms with E-state index in [-0.39, 0.29) is 35.9 Å². The summed E-state index contributed by atoms with van der Waals surface area (Å²) in [4.78, 5) is 8.37. The van der Waals surface area contributed by atoms with E-state index in [0.29, 0.717) is 12.1 Å². The summed E-state index contributed by atoms with van der Waals surface area (Å²) in [5.41, 5.74) is -0.458. The summed E-state index contributed by atoms with van der Waals surface area (Å²) in [6, 6.07) is 0.995. The van der Waals surface area contributed by atoms with E-state index in [1.165, 1.54) is 0 Å². The molecule has 0 aliphatic carbocycles. The Balaban J connectivity index is 0.